The van der Waals surface area contributed by atoms with Crippen LogP contribution in [0.1, 0.15) is 12.8 Å². The van der Waals surface area contributed by atoms with Crippen LogP contribution in [0.4, 0.5) is 20.6 Å². The molecule has 1 aliphatic carbocycles. The van der Waals surface area contributed by atoms with Gasteiger partial charge in [-0.05, 0) is 11.6 Å². The van der Waals surface area contributed by atoms with E-state index in [4.69, 9.17) is 14.5 Å². The van der Waals surface area contributed by atoms with E-state index in [0.717, 1.165) is 16.2 Å². The molecule has 2 fully saturated rings. The van der Waals surface area contributed by atoms with Gasteiger partial charge in [0, 0.05) is 43.2 Å². The average molecular weight is 524 g/mol. The van der Waals surface area contributed by atoms with E-state index in [-0.39, 0.29) is 22.7 Å². The number of nitrogens with one attached hydrogen (secondary N) is 1. The number of pyridine rings is 1. The number of nitrogens with zero attached hydrogens (tertiary/aromatic N) is 4. The van der Waals surface area contributed by atoms with Crippen LogP contribution in [0.5, 0.6) is 0 Å². The molecule has 0 bridgehead atoms. The third-order valence-corrected chi connectivity index (χ3v) is 7.77. The molecule has 1 N–H and O–H groups in total. The third-order valence-electron chi connectivity index (χ3n) is 6.73. The number of alkyl halides is 1. The van der Waals surface area contributed by atoms with Crippen molar-refractivity contribution in [3.05, 3.63) is 68.1 Å². The summed E-state index contributed by atoms with van der Waals surface area (Å²) in [5.41, 5.74) is 2.60. The Bertz CT molecular complexity index is 1540. The number of ether oxygens (including phenoxy) is 2. The van der Waals surface area contributed by atoms with Crippen LogP contribution in [-0.4, -0.2) is 61.1 Å². The first kappa shape index (κ1) is 23.8. The van der Waals surface area contributed by atoms with Crippen LogP contribution in [0.3, 0.4) is 0 Å². The zero-order chi connectivity index (χ0) is 25.5. The maximum Gasteiger partial charge on any atom is 0.414 e. The number of morpholine rings is 1. The van der Waals surface area contributed by atoms with E-state index in [1.54, 1.807) is 21.5 Å². The lowest BCUT2D eigenvalue weighted by atomic mass is 10.0. The van der Waals surface area contributed by atoms with Crippen LogP contribution >= 0.6 is 11.8 Å². The van der Waals surface area contributed by atoms with Gasteiger partial charge in [-0.3, -0.25) is 14.1 Å². The molecular formula is C26H26FN5O4S. The standard InChI is InChI=1S/C26H26FN5O4S/c1-16-23(33)22(25-28-14-20(37-25)12-17-2-4-18(27)5-3-17)29-24-21(31-8-11-36-26(31)34)13-19(15-32(16)24)30-6-9-35-10-7-30/h2-4,13-15,18,28H,1,5-12H2. The van der Waals surface area contributed by atoms with Gasteiger partial charge in [0.25, 0.3) is 0 Å². The SMILES string of the molecule is C=c1c(=O)c(=C2NC=C(CC3=CCC(F)C=C3)S2)nc2c(N3CCOC3=O)cc(N3CCOCC3)cn12. The van der Waals surface area contributed by atoms with Crippen molar-refractivity contribution in [2.24, 2.45) is 0 Å². The Hall–Kier alpha value is -3.57. The summed E-state index contributed by atoms with van der Waals surface area (Å²) in [6.07, 6.45) is 8.58. The van der Waals surface area contributed by atoms with E-state index in [9.17, 15) is 14.0 Å². The topological polar surface area (TPSA) is 88.4 Å². The molecule has 192 valence electrons. The first-order chi connectivity index (χ1) is 18.0. The fourth-order valence-electron chi connectivity index (χ4n) is 4.75. The predicted molar refractivity (Wildman–Crippen MR) is 142 cm³/mol. The average Bonchev–Trinajstić information content (AvgIpc) is 3.56. The molecule has 6 rings (SSSR count). The number of carbonyl (C=O) groups excluding carboxylic acids is 1. The Morgan fingerprint density at radius 3 is 2.78 bits per heavy atom. The number of halogens is 1. The predicted octanol–water partition coefficient (Wildman–Crippen LogP) is 1.76. The zero-order valence-electron chi connectivity index (χ0n) is 20.1. The number of amides is 1. The monoisotopic (exact) mass is 523 g/mol. The van der Waals surface area contributed by atoms with Gasteiger partial charge in [0.1, 0.15) is 23.2 Å². The fraction of sp³-hybridized carbons (Fsp3) is 0.346. The number of rotatable bonds is 4. The first-order valence-corrected chi connectivity index (χ1v) is 13.0. The minimum atomic E-state index is -0.933. The number of hydrogen-bond acceptors (Lipinski definition) is 8. The Balaban J connectivity index is 1.43. The van der Waals surface area contributed by atoms with Gasteiger partial charge in [-0.2, -0.15) is 0 Å². The Kier molecular flexibility index (Phi) is 6.25. The summed E-state index contributed by atoms with van der Waals surface area (Å²) in [6.45, 7) is 7.35. The molecule has 5 heterocycles. The third kappa shape index (κ3) is 4.53. The molecule has 3 aliphatic heterocycles. The second-order valence-corrected chi connectivity index (χ2v) is 10.3. The van der Waals surface area contributed by atoms with Crippen LogP contribution in [0.25, 0.3) is 17.3 Å². The van der Waals surface area contributed by atoms with E-state index in [0.29, 0.717) is 62.1 Å². The number of thioether (sulfide) groups is 1. The molecule has 1 unspecified atom stereocenters. The molecule has 0 aromatic carbocycles. The second kappa shape index (κ2) is 9.71. The van der Waals surface area contributed by atoms with Gasteiger partial charge in [0.2, 0.25) is 5.43 Å². The summed E-state index contributed by atoms with van der Waals surface area (Å²) >= 11 is 1.43. The highest BCUT2D eigenvalue weighted by Gasteiger charge is 2.28. The molecule has 2 aromatic rings. The van der Waals surface area contributed by atoms with E-state index in [1.165, 1.54) is 11.8 Å². The molecule has 2 saturated heterocycles. The smallest absolute Gasteiger partial charge is 0.414 e. The molecule has 1 atom stereocenters. The summed E-state index contributed by atoms with van der Waals surface area (Å²) in [5, 5.41) is 4.27. The van der Waals surface area contributed by atoms with Gasteiger partial charge in [0.05, 0.1) is 36.5 Å². The highest BCUT2D eigenvalue weighted by Crippen LogP contribution is 2.34. The normalized spacial score (nSPS) is 23.3. The number of aromatic nitrogens is 2. The van der Waals surface area contributed by atoms with Gasteiger partial charge in [-0.1, -0.05) is 36.6 Å². The maximum absolute atomic E-state index is 13.4. The maximum atomic E-state index is 13.4. The van der Waals surface area contributed by atoms with Crippen molar-refractivity contribution in [1.82, 2.24) is 14.7 Å². The highest BCUT2D eigenvalue weighted by molar-refractivity contribution is 8.11. The van der Waals surface area contributed by atoms with E-state index in [2.05, 4.69) is 16.8 Å². The minimum absolute atomic E-state index is 0.242. The van der Waals surface area contributed by atoms with Gasteiger partial charge in [0.15, 0.2) is 5.65 Å². The highest BCUT2D eigenvalue weighted by atomic mass is 32.2. The number of cyclic esters (lactones) is 1. The zero-order valence-corrected chi connectivity index (χ0v) is 20.9. The van der Waals surface area contributed by atoms with Gasteiger partial charge in [-0.15, -0.1) is 0 Å². The van der Waals surface area contributed by atoms with Crippen molar-refractivity contribution in [1.29, 1.82) is 0 Å². The number of fused-ring (bicyclic) bond motifs is 1. The number of anilines is 2. The number of carbonyl (C=O) groups is 1. The van der Waals surface area contributed by atoms with Crippen molar-refractivity contribution in [3.63, 3.8) is 0 Å². The summed E-state index contributed by atoms with van der Waals surface area (Å²) in [6, 6.07) is 1.91. The minimum Gasteiger partial charge on any atom is -0.447 e. The van der Waals surface area contributed by atoms with Crippen LogP contribution in [-0.2, 0) is 9.47 Å². The van der Waals surface area contributed by atoms with Crippen molar-refractivity contribution in [2.45, 2.75) is 19.0 Å². The van der Waals surface area contributed by atoms with Crippen LogP contribution in [0, 0.1) is 0 Å². The lowest BCUT2D eigenvalue weighted by Gasteiger charge is -2.30. The molecule has 4 aliphatic rings. The van der Waals surface area contributed by atoms with Crippen LogP contribution < -0.4 is 31.2 Å². The first-order valence-electron chi connectivity index (χ1n) is 12.2. The van der Waals surface area contributed by atoms with E-state index in [1.807, 2.05) is 24.5 Å². The number of hydrogen-bond donors (Lipinski definition) is 1. The van der Waals surface area contributed by atoms with Gasteiger partial charge < -0.3 is 19.7 Å². The summed E-state index contributed by atoms with van der Waals surface area (Å²) < 4.78 is 25.8. The van der Waals surface area contributed by atoms with E-state index < -0.39 is 12.3 Å². The molecule has 11 heteroatoms. The molecule has 0 spiro atoms. The van der Waals surface area contributed by atoms with Crippen LogP contribution in [0.2, 0.25) is 0 Å². The lowest BCUT2D eigenvalue weighted by Crippen LogP contribution is -2.46. The molecule has 2 aromatic heterocycles. The Morgan fingerprint density at radius 1 is 1.22 bits per heavy atom. The molecule has 9 nitrogen and oxygen atoms in total. The molecule has 37 heavy (non-hydrogen) atoms. The Morgan fingerprint density at radius 2 is 2.05 bits per heavy atom. The van der Waals surface area contributed by atoms with Gasteiger partial charge in [-0.25, -0.2) is 14.2 Å². The summed E-state index contributed by atoms with van der Waals surface area (Å²) in [4.78, 5) is 35.4. The van der Waals surface area contributed by atoms with Gasteiger partial charge >= 0.3 is 6.09 Å². The summed E-state index contributed by atoms with van der Waals surface area (Å²) in [7, 11) is 0. The molecule has 0 radical (unpaired) electrons. The quantitative estimate of drug-likeness (QED) is 0.649. The summed E-state index contributed by atoms with van der Waals surface area (Å²) in [5.74, 6) is 0. The second-order valence-electron chi connectivity index (χ2n) is 9.13. The van der Waals surface area contributed by atoms with Crippen LogP contribution in [0.15, 0.2) is 52.0 Å². The number of allylic oxidation sites excluding steroid dienone is 5. The lowest BCUT2D eigenvalue weighted by molar-refractivity contribution is 0.122. The Labute approximate surface area is 216 Å². The fourth-order valence-corrected chi connectivity index (χ4v) is 5.72. The molecule has 0 saturated carbocycles. The van der Waals surface area contributed by atoms with Crippen molar-refractivity contribution < 1.29 is 18.7 Å². The van der Waals surface area contributed by atoms with Crippen molar-refractivity contribution >= 4 is 46.5 Å². The molecule has 1 amide bonds. The van der Waals surface area contributed by atoms with Crippen molar-refractivity contribution in [3.8, 4) is 0 Å². The largest absolute Gasteiger partial charge is 0.447 e. The van der Waals surface area contributed by atoms with Crippen molar-refractivity contribution in [2.75, 3.05) is 49.3 Å². The van der Waals surface area contributed by atoms with E-state index >= 15 is 0 Å². The molecular weight excluding hydrogens is 497 g/mol.